The fraction of sp³-hybridized carbons (Fsp3) is 0.426. The highest BCUT2D eigenvalue weighted by atomic mass is 33.1. The van der Waals surface area contributed by atoms with Gasteiger partial charge in [0.15, 0.2) is 11.5 Å². The summed E-state index contributed by atoms with van der Waals surface area (Å²) in [4.78, 5) is 87.2. The average Bonchev–Trinajstić information content (AvgIpc) is 1.24. The first-order valence-electron chi connectivity index (χ1n) is 29.1. The van der Waals surface area contributed by atoms with Crippen LogP contribution in [0.3, 0.4) is 0 Å². The Labute approximate surface area is 514 Å². The predicted octanol–water partition coefficient (Wildman–Crippen LogP) is 8.25. The van der Waals surface area contributed by atoms with Gasteiger partial charge in [0.25, 0.3) is 21.7 Å². The van der Waals surface area contributed by atoms with E-state index in [9.17, 15) is 47.1 Å². The molecule has 0 saturated carbocycles. The summed E-state index contributed by atoms with van der Waals surface area (Å²) in [6, 6.07) is 24.7. The van der Waals surface area contributed by atoms with E-state index >= 15 is 0 Å². The summed E-state index contributed by atoms with van der Waals surface area (Å²) < 4.78 is 59.9. The molecule has 5 N–H and O–H groups in total. The van der Waals surface area contributed by atoms with Crippen LogP contribution in [-0.4, -0.2) is 147 Å². The van der Waals surface area contributed by atoms with Crippen molar-refractivity contribution in [2.45, 2.75) is 96.4 Å². The lowest BCUT2D eigenvalue weighted by Crippen LogP contribution is -2.55. The van der Waals surface area contributed by atoms with Crippen LogP contribution < -0.4 is 45.6 Å². The molecule has 7 rings (SSSR count). The first-order valence-corrected chi connectivity index (χ1v) is 33.0. The van der Waals surface area contributed by atoms with Crippen molar-refractivity contribution in [3.63, 3.8) is 0 Å². The molecule has 87 heavy (non-hydrogen) atoms. The van der Waals surface area contributed by atoms with Gasteiger partial charge in [0.2, 0.25) is 23.1 Å². The highest BCUT2D eigenvalue weighted by molar-refractivity contribution is 8.76. The molecule has 1 aromatic heterocycles. The lowest BCUT2D eigenvalue weighted by molar-refractivity contribution is -0.386. The summed E-state index contributed by atoms with van der Waals surface area (Å²) >= 11 is 0. The number of nitrogens with one attached hydrogen (secondary N) is 4. The fourth-order valence-electron chi connectivity index (χ4n) is 10.4. The number of carbonyl (C=O) groups excluding carboxylic acids is 5. The van der Waals surface area contributed by atoms with Crippen molar-refractivity contribution in [1.82, 2.24) is 35.7 Å². The number of fused-ring (bicyclic) bond motifs is 2. The molecule has 5 amide bonds. The number of nitro benzene ring substituents is 1. The van der Waals surface area contributed by atoms with Crippen LogP contribution in [0.2, 0.25) is 0 Å². The van der Waals surface area contributed by atoms with Crippen LogP contribution >= 0.6 is 21.6 Å². The number of pyridine rings is 1. The van der Waals surface area contributed by atoms with Gasteiger partial charge in [-0.25, -0.2) is 14.4 Å². The number of ether oxygens (including phenoxy) is 3. The zero-order chi connectivity index (χ0) is 62.6. The Morgan fingerprint density at radius 3 is 2.37 bits per heavy atom. The van der Waals surface area contributed by atoms with Gasteiger partial charge < -0.3 is 49.7 Å². The molecule has 3 atom stereocenters. The van der Waals surface area contributed by atoms with Crippen LogP contribution in [-0.2, 0) is 29.2 Å². The third-order valence-electron chi connectivity index (χ3n) is 14.7. The first kappa shape index (κ1) is 66.6. The molecule has 3 aliphatic rings. The number of carbonyl (C=O) groups is 5. The van der Waals surface area contributed by atoms with Gasteiger partial charge in [-0.1, -0.05) is 41.5 Å². The summed E-state index contributed by atoms with van der Waals surface area (Å²) in [5.41, 5.74) is 3.86. The predicted molar refractivity (Wildman–Crippen MR) is 336 cm³/mol. The maximum absolute atomic E-state index is 14.9. The van der Waals surface area contributed by atoms with Crippen molar-refractivity contribution < 1.29 is 60.5 Å². The molecule has 23 nitrogen and oxygen atoms in total. The van der Waals surface area contributed by atoms with Crippen LogP contribution in [0, 0.1) is 10.1 Å². The van der Waals surface area contributed by atoms with E-state index in [2.05, 4.69) is 63.4 Å². The summed E-state index contributed by atoms with van der Waals surface area (Å²) in [6.07, 6.45) is 1.97. The van der Waals surface area contributed by atoms with Gasteiger partial charge in [-0.3, -0.25) is 33.8 Å². The number of nitrogens with zero attached hydrogens (tertiary/aromatic N) is 5. The van der Waals surface area contributed by atoms with Crippen molar-refractivity contribution >= 4 is 83.8 Å². The Hall–Kier alpha value is -7.94. The minimum atomic E-state index is -4.78. The maximum atomic E-state index is 14.9. The molecule has 0 radical (unpaired) electrons. The number of alkyl carbamates (subject to hydrolysis) is 1. The number of aromatic nitrogens is 1. The quantitative estimate of drug-likeness (QED) is 0.00520. The number of benzene rings is 4. The number of unbranched alkanes of at least 4 members (excludes halogenated alkanes) is 2. The van der Waals surface area contributed by atoms with Crippen molar-refractivity contribution in [1.29, 1.82) is 0 Å². The molecule has 0 spiro atoms. The highest BCUT2D eigenvalue weighted by Crippen LogP contribution is 2.43. The lowest BCUT2D eigenvalue weighted by Gasteiger charge is -2.27. The van der Waals surface area contributed by atoms with Crippen LogP contribution in [0.15, 0.2) is 107 Å². The molecule has 26 heteroatoms. The largest absolute Gasteiger partial charge is 0.493 e. The second-order valence-electron chi connectivity index (χ2n) is 20.4. The number of anilines is 1. The first-order chi connectivity index (χ1) is 41.9. The van der Waals surface area contributed by atoms with Crippen molar-refractivity contribution in [3.8, 4) is 33.9 Å². The third kappa shape index (κ3) is 18.1. The van der Waals surface area contributed by atoms with Gasteiger partial charge in [0.05, 0.1) is 36.3 Å². The molecule has 1 fully saturated rings. The third-order valence-corrected chi connectivity index (χ3v) is 17.8. The monoisotopic (exact) mass is 1250 g/mol. The van der Waals surface area contributed by atoms with Crippen molar-refractivity contribution in [2.24, 2.45) is 0 Å². The van der Waals surface area contributed by atoms with Gasteiger partial charge in [-0.15, -0.1) is 0 Å². The van der Waals surface area contributed by atoms with Crippen LogP contribution in [0.1, 0.15) is 95.2 Å². The van der Waals surface area contributed by atoms with Crippen LogP contribution in [0.25, 0.3) is 33.4 Å². The average molecular weight is 1260 g/mol. The van der Waals surface area contributed by atoms with E-state index in [-0.39, 0.29) is 74.3 Å². The molecule has 466 valence electrons. The maximum Gasteiger partial charge on any atom is 0.407 e. The zero-order valence-corrected chi connectivity index (χ0v) is 52.2. The van der Waals surface area contributed by atoms with Crippen molar-refractivity contribution in [2.75, 3.05) is 82.5 Å². The SMILES string of the molecule is CCN(CC)c1ccc2c(-c3ccccc3C(=O)N3CCCC3C(=O)NC(CS(=O)(=O)O)C(=O)NCCCCCC(=O)NCCOc3cc([N+](=O)[O-])c(C(C)OC(=O)NCCSSc4ccccn4)cc3OC)c3ccc(=[N+](CC)CC)cc-3oc2c1. The number of hydrogen-bond acceptors (Lipinski definition) is 17. The zero-order valence-electron chi connectivity index (χ0n) is 49.7. The molecular weight excluding hydrogens is 1180 g/mol. The Balaban J connectivity index is 0.901. The molecule has 4 aromatic rings. The number of hydrogen-bond donors (Lipinski definition) is 5. The van der Waals surface area contributed by atoms with E-state index in [0.29, 0.717) is 53.9 Å². The number of amides is 5. The van der Waals surface area contributed by atoms with E-state index in [1.54, 1.807) is 18.3 Å². The molecule has 0 bridgehead atoms. The summed E-state index contributed by atoms with van der Waals surface area (Å²) in [6.45, 7) is 13.5. The molecule has 1 aliphatic carbocycles. The summed E-state index contributed by atoms with van der Waals surface area (Å²) in [5, 5.41) is 25.2. The van der Waals surface area contributed by atoms with Crippen molar-refractivity contribution in [3.05, 3.63) is 124 Å². The van der Waals surface area contributed by atoms with Crippen LogP contribution in [0.4, 0.5) is 16.2 Å². The van der Waals surface area contributed by atoms with Gasteiger partial charge in [0, 0.05) is 91.0 Å². The van der Waals surface area contributed by atoms with E-state index < -0.39 is 62.8 Å². The van der Waals surface area contributed by atoms with Gasteiger partial charge in [-0.2, -0.15) is 8.42 Å². The molecule has 3 unspecified atom stereocenters. The van der Waals surface area contributed by atoms with E-state index in [1.165, 1.54) is 52.7 Å². The van der Waals surface area contributed by atoms with Crippen LogP contribution in [0.5, 0.6) is 11.5 Å². The number of methoxy groups -OCH3 is 1. The number of likely N-dealkylation sites (tertiary alicyclic amines) is 1. The fourth-order valence-corrected chi connectivity index (χ4v) is 12.8. The normalized spacial score (nSPS) is 13.8. The summed E-state index contributed by atoms with van der Waals surface area (Å²) in [5.74, 6) is -2.10. The van der Waals surface area contributed by atoms with Gasteiger partial charge >= 0.3 is 6.09 Å². The second kappa shape index (κ2) is 32.2. The number of rotatable bonds is 31. The smallest absolute Gasteiger partial charge is 0.407 e. The topological polar surface area (TPSA) is 294 Å². The second-order valence-corrected chi connectivity index (χ2v) is 24.3. The van der Waals surface area contributed by atoms with Gasteiger partial charge in [0.1, 0.15) is 60.0 Å². The molecule has 2 aliphatic heterocycles. The Morgan fingerprint density at radius 2 is 1.66 bits per heavy atom. The van der Waals surface area contributed by atoms with E-state index in [0.717, 1.165) is 58.8 Å². The Bertz CT molecular complexity index is 3540. The van der Waals surface area contributed by atoms with E-state index in [4.69, 9.17) is 18.6 Å². The summed E-state index contributed by atoms with van der Waals surface area (Å²) in [7, 11) is -0.474. The Morgan fingerprint density at radius 1 is 0.885 bits per heavy atom. The molecule has 3 heterocycles. The minimum Gasteiger partial charge on any atom is -0.493 e. The van der Waals surface area contributed by atoms with Gasteiger partial charge in [-0.05, 0) is 119 Å². The number of nitro groups is 1. The highest BCUT2D eigenvalue weighted by Gasteiger charge is 2.38. The molecular formula is C61H76N9O14S3+. The minimum absolute atomic E-state index is 0.0349. The molecule has 3 aromatic carbocycles. The van der Waals surface area contributed by atoms with E-state index in [1.807, 2.05) is 66.7 Å². The molecule has 1 saturated heterocycles. The standard InChI is InChI=1S/C61H75N9O14S3/c1-7-67(8-2)41-24-26-45-51(35-41)84-52-36-42(68(9-3)10-4)25-27-46(52)57(45)43-19-13-14-20-44(43)60(74)69-32-18-21-49(69)59(73)66-48(39-87(78,79)80)58(72)64-29-16-11-12-22-55(71)62-30-33-82-54-38-50(70(76)77)47(37-53(54)81-6)40(5)83-61(75)65-31-34-85-86-56-23-15-17-28-63-56/h13-15,17,19-20,23-28,35-38,40,48-49H,7-12,16,18,21-22,29-34,39H2,1-6H3,(H4-,62,64,65,66,71,72,73,75,78,79,80)/p+1. The Kier molecular flexibility index (Phi) is 24.6. The lowest BCUT2D eigenvalue weighted by atomic mass is 9.90.